The predicted molar refractivity (Wildman–Crippen MR) is 122 cm³/mol. The highest BCUT2D eigenvalue weighted by Gasteiger charge is 2.33. The fourth-order valence-corrected chi connectivity index (χ4v) is 3.80. The minimum Gasteiger partial charge on any atom is -0.489 e. The average molecular weight is 461 g/mol. The number of aryl methyl sites for hydroxylation is 2. The summed E-state index contributed by atoms with van der Waals surface area (Å²) in [7, 11) is 0. The molecule has 0 bridgehead atoms. The van der Waals surface area contributed by atoms with Crippen LogP contribution in [0.4, 0.5) is 0 Å². The molecule has 0 saturated carbocycles. The van der Waals surface area contributed by atoms with Gasteiger partial charge in [0.25, 0.3) is 0 Å². The second-order valence-electron chi connectivity index (χ2n) is 8.23. The molecule has 1 aliphatic rings. The van der Waals surface area contributed by atoms with Gasteiger partial charge in [0, 0.05) is 6.92 Å². The van der Waals surface area contributed by atoms with E-state index < -0.39 is 16.9 Å². The van der Waals surface area contributed by atoms with Gasteiger partial charge < -0.3 is 18.9 Å². The highest BCUT2D eigenvalue weighted by atomic mass is 35.5. The van der Waals surface area contributed by atoms with E-state index in [0.29, 0.717) is 31.1 Å². The fraction of sp³-hybridized carbons (Fsp3) is 0.440. The van der Waals surface area contributed by atoms with Gasteiger partial charge in [-0.05, 0) is 81.0 Å². The smallest absolute Gasteiger partial charge is 0.324 e. The molecule has 2 aromatic rings. The number of benzene rings is 2. The number of rotatable bonds is 8. The molecule has 2 aromatic carbocycles. The first-order valence-electron chi connectivity index (χ1n) is 10.7. The first-order chi connectivity index (χ1) is 15.2. The number of fused-ring (bicyclic) bond motifs is 1. The van der Waals surface area contributed by atoms with Crippen molar-refractivity contribution >= 4 is 23.5 Å². The second kappa shape index (κ2) is 10.3. The molecule has 0 spiro atoms. The van der Waals surface area contributed by atoms with Gasteiger partial charge in [-0.1, -0.05) is 12.1 Å². The van der Waals surface area contributed by atoms with Gasteiger partial charge >= 0.3 is 11.9 Å². The molecule has 6 nitrogen and oxygen atoms in total. The molecule has 32 heavy (non-hydrogen) atoms. The van der Waals surface area contributed by atoms with E-state index in [9.17, 15) is 9.59 Å². The van der Waals surface area contributed by atoms with Crippen LogP contribution in [0, 0.1) is 6.92 Å². The van der Waals surface area contributed by atoms with Crippen LogP contribution in [0.3, 0.4) is 0 Å². The molecule has 0 saturated heterocycles. The van der Waals surface area contributed by atoms with Gasteiger partial charge in [0.2, 0.25) is 0 Å². The Morgan fingerprint density at radius 3 is 2.59 bits per heavy atom. The van der Waals surface area contributed by atoms with E-state index in [0.717, 1.165) is 35.3 Å². The van der Waals surface area contributed by atoms with Crippen molar-refractivity contribution < 1.29 is 28.5 Å². The summed E-state index contributed by atoms with van der Waals surface area (Å²) < 4.78 is 22.5. The summed E-state index contributed by atoms with van der Waals surface area (Å²) in [6.07, 6.45) is 1.97. The highest BCUT2D eigenvalue weighted by molar-refractivity contribution is 6.30. The Morgan fingerprint density at radius 1 is 1.22 bits per heavy atom. The first kappa shape index (κ1) is 23.9. The van der Waals surface area contributed by atoms with Crippen LogP contribution in [-0.4, -0.2) is 36.1 Å². The molecule has 2 unspecified atom stereocenters. The SMILES string of the molecule is CCOC(=O)C(Cl)Cc1ccc(OCC2(C)CCc3cc(OC(C)=O)c(C)cc3O2)cc1. The third-order valence-electron chi connectivity index (χ3n) is 5.32. The predicted octanol–water partition coefficient (Wildman–Crippen LogP) is 4.80. The van der Waals surface area contributed by atoms with Gasteiger partial charge in [0.05, 0.1) is 6.61 Å². The van der Waals surface area contributed by atoms with E-state index in [2.05, 4.69) is 0 Å². The molecule has 2 atom stereocenters. The van der Waals surface area contributed by atoms with Crippen molar-refractivity contribution in [2.24, 2.45) is 0 Å². The van der Waals surface area contributed by atoms with Crippen LogP contribution in [0.1, 0.15) is 43.9 Å². The van der Waals surface area contributed by atoms with E-state index in [-0.39, 0.29) is 5.97 Å². The van der Waals surface area contributed by atoms with Crippen molar-refractivity contribution in [2.75, 3.05) is 13.2 Å². The molecule has 0 amide bonds. The molecule has 0 radical (unpaired) electrons. The molecule has 0 aliphatic carbocycles. The molecular weight excluding hydrogens is 432 g/mol. The van der Waals surface area contributed by atoms with Crippen molar-refractivity contribution in [3.8, 4) is 17.2 Å². The summed E-state index contributed by atoms with van der Waals surface area (Å²) in [5.74, 6) is 1.33. The molecule has 3 rings (SSSR count). The summed E-state index contributed by atoms with van der Waals surface area (Å²) in [6, 6.07) is 11.3. The molecule has 0 aromatic heterocycles. The molecule has 7 heteroatoms. The largest absolute Gasteiger partial charge is 0.489 e. The van der Waals surface area contributed by atoms with E-state index in [1.165, 1.54) is 6.92 Å². The highest BCUT2D eigenvalue weighted by Crippen LogP contribution is 2.37. The Morgan fingerprint density at radius 2 is 1.94 bits per heavy atom. The lowest BCUT2D eigenvalue weighted by Crippen LogP contribution is -2.42. The molecule has 1 heterocycles. The number of carbonyl (C=O) groups excluding carboxylic acids is 2. The van der Waals surface area contributed by atoms with Crippen molar-refractivity contribution in [1.82, 2.24) is 0 Å². The first-order valence-corrected chi connectivity index (χ1v) is 11.2. The minimum absolute atomic E-state index is 0.313. The van der Waals surface area contributed by atoms with Crippen molar-refractivity contribution in [3.05, 3.63) is 53.1 Å². The third-order valence-corrected chi connectivity index (χ3v) is 5.65. The number of hydrogen-bond acceptors (Lipinski definition) is 6. The van der Waals surface area contributed by atoms with Crippen LogP contribution in [0.2, 0.25) is 0 Å². The Hall–Kier alpha value is -2.73. The Balaban J connectivity index is 1.58. The number of halogens is 1. The normalized spacial score (nSPS) is 18.2. The summed E-state index contributed by atoms with van der Waals surface area (Å²) >= 11 is 6.11. The van der Waals surface area contributed by atoms with Crippen LogP contribution < -0.4 is 14.2 Å². The number of hydrogen-bond donors (Lipinski definition) is 0. The number of esters is 2. The van der Waals surface area contributed by atoms with Gasteiger partial charge in [0.1, 0.15) is 34.8 Å². The van der Waals surface area contributed by atoms with Gasteiger partial charge in [-0.25, -0.2) is 0 Å². The molecule has 1 aliphatic heterocycles. The Labute approximate surface area is 193 Å². The average Bonchev–Trinajstić information content (AvgIpc) is 2.74. The number of ether oxygens (including phenoxy) is 4. The molecule has 0 fully saturated rings. The fourth-order valence-electron chi connectivity index (χ4n) is 3.56. The lowest BCUT2D eigenvalue weighted by Gasteiger charge is -2.36. The second-order valence-corrected chi connectivity index (χ2v) is 8.75. The van der Waals surface area contributed by atoms with Gasteiger partial charge in [-0.15, -0.1) is 11.6 Å². The van der Waals surface area contributed by atoms with Crippen LogP contribution in [-0.2, 0) is 27.2 Å². The van der Waals surface area contributed by atoms with Crippen molar-refractivity contribution in [1.29, 1.82) is 0 Å². The van der Waals surface area contributed by atoms with Crippen molar-refractivity contribution in [2.45, 2.75) is 57.9 Å². The molecular formula is C25H29ClO6. The summed E-state index contributed by atoms with van der Waals surface area (Å²) in [6.45, 7) is 7.76. The lowest BCUT2D eigenvalue weighted by atomic mass is 9.92. The van der Waals surface area contributed by atoms with E-state index in [1.807, 2.05) is 50.2 Å². The quantitative estimate of drug-likeness (QED) is 0.320. The maximum atomic E-state index is 11.7. The minimum atomic E-state index is -0.707. The summed E-state index contributed by atoms with van der Waals surface area (Å²) in [4.78, 5) is 23.0. The summed E-state index contributed by atoms with van der Waals surface area (Å²) in [5, 5.41) is -0.707. The maximum absolute atomic E-state index is 11.7. The van der Waals surface area contributed by atoms with Gasteiger partial charge in [-0.2, -0.15) is 0 Å². The standard InChI is InChI=1S/C25H29ClO6/c1-5-29-24(28)21(26)13-18-6-8-20(9-7-18)30-15-25(4)11-10-19-14-22(31-17(3)27)16(2)12-23(19)32-25/h6-9,12,14,21H,5,10-11,13,15H2,1-4H3. The van der Waals surface area contributed by atoms with E-state index >= 15 is 0 Å². The summed E-state index contributed by atoms with van der Waals surface area (Å²) in [5.41, 5.74) is 2.32. The van der Waals surface area contributed by atoms with Crippen LogP contribution >= 0.6 is 11.6 Å². The maximum Gasteiger partial charge on any atom is 0.324 e. The van der Waals surface area contributed by atoms with Crippen molar-refractivity contribution in [3.63, 3.8) is 0 Å². The monoisotopic (exact) mass is 460 g/mol. The third kappa shape index (κ3) is 6.16. The zero-order chi connectivity index (χ0) is 23.3. The van der Waals surface area contributed by atoms with E-state index in [4.69, 9.17) is 30.5 Å². The van der Waals surface area contributed by atoms with E-state index in [1.54, 1.807) is 6.92 Å². The Kier molecular flexibility index (Phi) is 7.67. The Bertz CT molecular complexity index is 971. The van der Waals surface area contributed by atoms with Gasteiger partial charge in [0.15, 0.2) is 0 Å². The van der Waals surface area contributed by atoms with Crippen LogP contribution in [0.25, 0.3) is 0 Å². The zero-order valence-corrected chi connectivity index (χ0v) is 19.7. The topological polar surface area (TPSA) is 71.1 Å². The lowest BCUT2D eigenvalue weighted by molar-refractivity contribution is -0.142. The number of carbonyl (C=O) groups is 2. The number of alkyl halides is 1. The molecule has 172 valence electrons. The molecule has 0 N–H and O–H groups in total. The van der Waals surface area contributed by atoms with Crippen LogP contribution in [0.5, 0.6) is 17.2 Å². The zero-order valence-electron chi connectivity index (χ0n) is 18.9. The van der Waals surface area contributed by atoms with Crippen LogP contribution in [0.15, 0.2) is 36.4 Å². The van der Waals surface area contributed by atoms with Gasteiger partial charge in [-0.3, -0.25) is 9.59 Å².